The first-order valence-electron chi connectivity index (χ1n) is 9.84. The van der Waals surface area contributed by atoms with Crippen LogP contribution in [0.25, 0.3) is 22.2 Å². The van der Waals surface area contributed by atoms with E-state index in [4.69, 9.17) is 21.4 Å². The van der Waals surface area contributed by atoms with Gasteiger partial charge in [0.2, 0.25) is 0 Å². The number of para-hydroxylation sites is 1. The van der Waals surface area contributed by atoms with Crippen LogP contribution in [-0.4, -0.2) is 32.9 Å². The third kappa shape index (κ3) is 3.55. The second-order valence-corrected chi connectivity index (χ2v) is 7.80. The quantitative estimate of drug-likeness (QED) is 0.463. The topological polar surface area (TPSA) is 81.4 Å². The van der Waals surface area contributed by atoms with Crippen molar-refractivity contribution < 1.29 is 19.4 Å². The summed E-state index contributed by atoms with van der Waals surface area (Å²) in [6, 6.07) is 19.0. The maximum absolute atomic E-state index is 13.6. The monoisotopic (exact) mass is 432 g/mol. The van der Waals surface area contributed by atoms with Crippen LogP contribution in [0.15, 0.2) is 66.7 Å². The summed E-state index contributed by atoms with van der Waals surface area (Å²) in [5.41, 5.74) is 2.37. The summed E-state index contributed by atoms with van der Waals surface area (Å²) >= 11 is 6.40. The third-order valence-electron chi connectivity index (χ3n) is 5.19. The van der Waals surface area contributed by atoms with E-state index >= 15 is 0 Å². The van der Waals surface area contributed by atoms with E-state index in [1.54, 1.807) is 30.3 Å². The summed E-state index contributed by atoms with van der Waals surface area (Å²) in [7, 11) is 0. The molecule has 0 aliphatic heterocycles. The number of benzene rings is 3. The first-order valence-corrected chi connectivity index (χ1v) is 10.2. The van der Waals surface area contributed by atoms with Crippen molar-refractivity contribution in [2.45, 2.75) is 18.9 Å². The van der Waals surface area contributed by atoms with Crippen LogP contribution < -0.4 is 4.74 Å². The molecule has 1 N–H and O–H groups in total. The van der Waals surface area contributed by atoms with E-state index in [9.17, 15) is 9.59 Å². The van der Waals surface area contributed by atoms with Gasteiger partial charge >= 0.3 is 5.97 Å². The van der Waals surface area contributed by atoms with Crippen molar-refractivity contribution in [1.29, 1.82) is 0 Å². The van der Waals surface area contributed by atoms with Crippen LogP contribution in [0.2, 0.25) is 5.02 Å². The first kappa shape index (κ1) is 19.3. The van der Waals surface area contributed by atoms with E-state index in [0.29, 0.717) is 27.5 Å². The summed E-state index contributed by atoms with van der Waals surface area (Å²) in [6.45, 7) is 0. The van der Waals surface area contributed by atoms with Crippen molar-refractivity contribution in [2.24, 2.45) is 0 Å². The molecular formula is C24H17ClN2O4. The number of aromatic nitrogens is 2. The average molecular weight is 433 g/mol. The van der Waals surface area contributed by atoms with Gasteiger partial charge in [-0.2, -0.15) is 9.78 Å². The number of hydrogen-bond acceptors (Lipinski definition) is 4. The Morgan fingerprint density at radius 2 is 1.74 bits per heavy atom. The Bertz CT molecular complexity index is 1320. The highest BCUT2D eigenvalue weighted by atomic mass is 35.5. The minimum atomic E-state index is -1.00. The number of carboxylic acid groups (broad SMARTS) is 1. The molecule has 31 heavy (non-hydrogen) atoms. The van der Waals surface area contributed by atoms with Crippen molar-refractivity contribution in [3.05, 3.63) is 82.9 Å². The molecular weight excluding hydrogens is 416 g/mol. The minimum absolute atomic E-state index is 0.114. The molecule has 0 atom stereocenters. The van der Waals surface area contributed by atoms with Gasteiger partial charge in [0, 0.05) is 10.9 Å². The van der Waals surface area contributed by atoms with Gasteiger partial charge in [-0.25, -0.2) is 4.79 Å². The average Bonchev–Trinajstić information content (AvgIpc) is 3.50. The number of fused-ring (bicyclic) bond motifs is 1. The number of carbonyl (C=O) groups is 2. The zero-order chi connectivity index (χ0) is 21.5. The van der Waals surface area contributed by atoms with E-state index in [1.165, 1.54) is 16.8 Å². The molecule has 0 amide bonds. The predicted octanol–water partition coefficient (Wildman–Crippen LogP) is 5.28. The van der Waals surface area contributed by atoms with Crippen molar-refractivity contribution in [1.82, 2.24) is 9.78 Å². The molecule has 1 fully saturated rings. The number of aromatic carboxylic acids is 1. The highest BCUT2D eigenvalue weighted by Crippen LogP contribution is 2.35. The molecule has 7 heteroatoms. The summed E-state index contributed by atoms with van der Waals surface area (Å²) in [5.74, 6) is -0.933. The number of carboxylic acids is 1. The van der Waals surface area contributed by atoms with Gasteiger partial charge in [-0.15, -0.1) is 0 Å². The van der Waals surface area contributed by atoms with Crippen molar-refractivity contribution in [3.63, 3.8) is 0 Å². The van der Waals surface area contributed by atoms with Gasteiger partial charge in [-0.05, 0) is 43.2 Å². The standard InChI is InChI=1S/C24H17ClN2O4/c25-18-5-3-7-20(31-16-12-13-16)21(18)23(28)27-19-6-2-1-4-17(19)22(26-27)14-8-10-15(11-9-14)24(29)30/h1-11,16H,12-13H2,(H,29,30). The van der Waals surface area contributed by atoms with Crippen LogP contribution in [0, 0.1) is 0 Å². The molecule has 1 saturated carbocycles. The molecule has 1 aliphatic carbocycles. The van der Waals surface area contributed by atoms with Crippen LogP contribution in [0.4, 0.5) is 0 Å². The first-order chi connectivity index (χ1) is 15.0. The predicted molar refractivity (Wildman–Crippen MR) is 117 cm³/mol. The molecule has 0 saturated heterocycles. The molecule has 1 heterocycles. The molecule has 154 valence electrons. The van der Waals surface area contributed by atoms with Crippen LogP contribution in [0.1, 0.15) is 33.6 Å². The number of hydrogen-bond donors (Lipinski definition) is 1. The fourth-order valence-corrected chi connectivity index (χ4v) is 3.73. The Labute approximate surface area is 182 Å². The van der Waals surface area contributed by atoms with Crippen molar-refractivity contribution >= 4 is 34.4 Å². The lowest BCUT2D eigenvalue weighted by Crippen LogP contribution is -2.16. The highest BCUT2D eigenvalue weighted by molar-refractivity contribution is 6.34. The summed E-state index contributed by atoms with van der Waals surface area (Å²) in [6.07, 6.45) is 2.03. The molecule has 0 bridgehead atoms. The minimum Gasteiger partial charge on any atom is -0.490 e. The third-order valence-corrected chi connectivity index (χ3v) is 5.51. The Hall–Kier alpha value is -3.64. The van der Waals surface area contributed by atoms with E-state index in [1.807, 2.05) is 24.3 Å². The fraction of sp³-hybridized carbons (Fsp3) is 0.125. The Morgan fingerprint density at radius 3 is 2.45 bits per heavy atom. The summed E-state index contributed by atoms with van der Waals surface area (Å²) in [4.78, 5) is 24.7. The summed E-state index contributed by atoms with van der Waals surface area (Å²) < 4.78 is 7.25. The largest absolute Gasteiger partial charge is 0.490 e. The molecule has 5 rings (SSSR count). The molecule has 4 aromatic rings. The van der Waals surface area contributed by atoms with Crippen molar-refractivity contribution in [3.8, 4) is 17.0 Å². The smallest absolute Gasteiger partial charge is 0.335 e. The Morgan fingerprint density at radius 1 is 1.00 bits per heavy atom. The number of ether oxygens (including phenoxy) is 1. The number of carbonyl (C=O) groups excluding carboxylic acids is 1. The molecule has 1 aromatic heterocycles. The Kier molecular flexibility index (Phi) is 4.71. The normalized spacial score (nSPS) is 13.3. The van der Waals surface area contributed by atoms with Crippen LogP contribution in [-0.2, 0) is 0 Å². The van der Waals surface area contributed by atoms with Crippen molar-refractivity contribution in [2.75, 3.05) is 0 Å². The number of halogens is 1. The fourth-order valence-electron chi connectivity index (χ4n) is 3.49. The zero-order valence-electron chi connectivity index (χ0n) is 16.3. The van der Waals surface area contributed by atoms with Crippen LogP contribution >= 0.6 is 11.6 Å². The van der Waals surface area contributed by atoms with Gasteiger partial charge in [0.15, 0.2) is 0 Å². The Balaban J connectivity index is 1.63. The highest BCUT2D eigenvalue weighted by Gasteiger charge is 2.28. The van der Waals surface area contributed by atoms with Crippen LogP contribution in [0.3, 0.4) is 0 Å². The zero-order valence-corrected chi connectivity index (χ0v) is 17.0. The van der Waals surface area contributed by atoms with Gasteiger partial charge in [-0.3, -0.25) is 4.79 Å². The van der Waals surface area contributed by atoms with Gasteiger partial charge < -0.3 is 9.84 Å². The molecule has 0 radical (unpaired) electrons. The second-order valence-electron chi connectivity index (χ2n) is 7.40. The van der Waals surface area contributed by atoms with Gasteiger partial charge in [-0.1, -0.05) is 48.0 Å². The SMILES string of the molecule is O=C(O)c1ccc(-c2nn(C(=O)c3c(Cl)cccc3OC3CC3)c3ccccc23)cc1. The number of nitrogens with zero attached hydrogens (tertiary/aromatic N) is 2. The lowest BCUT2D eigenvalue weighted by molar-refractivity contribution is 0.0696. The maximum atomic E-state index is 13.6. The second kappa shape index (κ2) is 7.56. The van der Waals surface area contributed by atoms with E-state index in [-0.39, 0.29) is 23.1 Å². The molecule has 6 nitrogen and oxygen atoms in total. The van der Waals surface area contributed by atoms with E-state index < -0.39 is 5.97 Å². The van der Waals surface area contributed by atoms with E-state index in [0.717, 1.165) is 18.2 Å². The molecule has 1 aliphatic rings. The van der Waals surface area contributed by atoms with Gasteiger partial charge in [0.25, 0.3) is 5.91 Å². The maximum Gasteiger partial charge on any atom is 0.335 e. The molecule has 0 unspecified atom stereocenters. The van der Waals surface area contributed by atoms with E-state index in [2.05, 4.69) is 5.10 Å². The lowest BCUT2D eigenvalue weighted by Gasteiger charge is -2.12. The lowest BCUT2D eigenvalue weighted by atomic mass is 10.1. The number of rotatable bonds is 5. The molecule has 0 spiro atoms. The van der Waals surface area contributed by atoms with Crippen LogP contribution in [0.5, 0.6) is 5.75 Å². The molecule has 3 aromatic carbocycles. The van der Waals surface area contributed by atoms with Gasteiger partial charge in [0.05, 0.1) is 22.2 Å². The van der Waals surface area contributed by atoms with Gasteiger partial charge in [0.1, 0.15) is 17.0 Å². The summed E-state index contributed by atoms with van der Waals surface area (Å²) in [5, 5.41) is 14.8.